The van der Waals surface area contributed by atoms with Gasteiger partial charge >= 0.3 is 0 Å². The number of benzene rings is 1. The molecule has 1 amide bonds. The van der Waals surface area contributed by atoms with E-state index in [0.29, 0.717) is 6.54 Å². The molecule has 0 saturated heterocycles. The zero-order chi connectivity index (χ0) is 13.8. The van der Waals surface area contributed by atoms with Crippen molar-refractivity contribution >= 4 is 5.91 Å². The fraction of sp³-hybridized carbons (Fsp3) is 0.143. The summed E-state index contributed by atoms with van der Waals surface area (Å²) in [6.45, 7) is 0.370. The first-order valence-electron chi connectivity index (χ1n) is 5.75. The molecule has 0 aliphatic carbocycles. The molecular weight excluding hydrogens is 244 g/mol. The molecule has 0 atom stereocenters. The lowest BCUT2D eigenvalue weighted by Gasteiger charge is -2.18. The number of pyridine rings is 1. The molecule has 0 fully saturated rings. The number of aromatic hydroxyl groups is 2. The maximum atomic E-state index is 12.2. The van der Waals surface area contributed by atoms with Crippen LogP contribution < -0.4 is 0 Å². The van der Waals surface area contributed by atoms with Gasteiger partial charge in [0.15, 0.2) is 0 Å². The summed E-state index contributed by atoms with van der Waals surface area (Å²) in [6, 6.07) is 7.81. The van der Waals surface area contributed by atoms with Gasteiger partial charge in [-0.3, -0.25) is 9.78 Å². The van der Waals surface area contributed by atoms with E-state index in [1.165, 1.54) is 23.1 Å². The smallest absolute Gasteiger partial charge is 0.261 e. The molecule has 0 bridgehead atoms. The summed E-state index contributed by atoms with van der Waals surface area (Å²) >= 11 is 0. The van der Waals surface area contributed by atoms with Gasteiger partial charge in [-0.15, -0.1) is 0 Å². The molecule has 98 valence electrons. The number of carbonyl (C=O) groups excluding carboxylic acids is 1. The molecule has 0 saturated carbocycles. The number of hydrogen-bond donors (Lipinski definition) is 2. The Balaban J connectivity index is 2.20. The van der Waals surface area contributed by atoms with Crippen molar-refractivity contribution < 1.29 is 15.0 Å². The van der Waals surface area contributed by atoms with Crippen molar-refractivity contribution in [2.75, 3.05) is 7.05 Å². The van der Waals surface area contributed by atoms with E-state index >= 15 is 0 Å². The highest BCUT2D eigenvalue weighted by Gasteiger charge is 2.19. The molecule has 19 heavy (non-hydrogen) atoms. The van der Waals surface area contributed by atoms with Crippen molar-refractivity contribution in [3.63, 3.8) is 0 Å². The zero-order valence-electron chi connectivity index (χ0n) is 10.4. The minimum absolute atomic E-state index is 0.0842. The van der Waals surface area contributed by atoms with Gasteiger partial charge in [-0.1, -0.05) is 6.07 Å². The predicted octanol–water partition coefficient (Wildman–Crippen LogP) is 1.77. The average Bonchev–Trinajstić information content (AvgIpc) is 2.39. The fourth-order valence-electron chi connectivity index (χ4n) is 1.77. The van der Waals surface area contributed by atoms with Crippen LogP contribution in [0.15, 0.2) is 42.7 Å². The van der Waals surface area contributed by atoms with E-state index in [1.54, 1.807) is 31.6 Å². The number of nitrogens with zero attached hydrogens (tertiary/aromatic N) is 2. The minimum Gasteiger partial charge on any atom is -0.507 e. The molecule has 2 rings (SSSR count). The number of rotatable bonds is 3. The molecule has 1 heterocycles. The van der Waals surface area contributed by atoms with Crippen molar-refractivity contribution in [3.05, 3.63) is 53.9 Å². The number of phenols is 2. The van der Waals surface area contributed by atoms with Crippen molar-refractivity contribution in [2.45, 2.75) is 6.54 Å². The lowest BCUT2D eigenvalue weighted by atomic mass is 10.1. The summed E-state index contributed by atoms with van der Waals surface area (Å²) in [5, 5.41) is 19.3. The van der Waals surface area contributed by atoms with Crippen LogP contribution in [0.5, 0.6) is 11.5 Å². The van der Waals surface area contributed by atoms with E-state index in [9.17, 15) is 15.0 Å². The van der Waals surface area contributed by atoms with Gasteiger partial charge in [-0.2, -0.15) is 0 Å². The van der Waals surface area contributed by atoms with E-state index in [1.807, 2.05) is 0 Å². The van der Waals surface area contributed by atoms with Crippen LogP contribution in [0, 0.1) is 0 Å². The first kappa shape index (κ1) is 12.9. The van der Waals surface area contributed by atoms with Gasteiger partial charge in [0.25, 0.3) is 5.91 Å². The van der Waals surface area contributed by atoms with Crippen molar-refractivity contribution in [1.29, 1.82) is 0 Å². The topological polar surface area (TPSA) is 73.7 Å². The van der Waals surface area contributed by atoms with Crippen LogP contribution >= 0.6 is 0 Å². The highest BCUT2D eigenvalue weighted by Crippen LogP contribution is 2.27. The van der Waals surface area contributed by atoms with Crippen LogP contribution in [0.1, 0.15) is 15.9 Å². The summed E-state index contributed by atoms with van der Waals surface area (Å²) in [5.74, 6) is -0.898. The number of carbonyl (C=O) groups is 1. The third-order valence-corrected chi connectivity index (χ3v) is 2.75. The zero-order valence-corrected chi connectivity index (χ0v) is 10.4. The van der Waals surface area contributed by atoms with Crippen LogP contribution in [0.25, 0.3) is 0 Å². The van der Waals surface area contributed by atoms with E-state index in [-0.39, 0.29) is 17.1 Å². The molecule has 2 aromatic rings. The van der Waals surface area contributed by atoms with Gasteiger partial charge in [0.2, 0.25) is 0 Å². The highest BCUT2D eigenvalue weighted by molar-refractivity contribution is 5.99. The van der Waals surface area contributed by atoms with Crippen LogP contribution in [0.4, 0.5) is 0 Å². The third kappa shape index (κ3) is 2.82. The molecule has 0 spiro atoms. The average molecular weight is 258 g/mol. The Labute approximate surface area is 110 Å². The largest absolute Gasteiger partial charge is 0.507 e. The lowest BCUT2D eigenvalue weighted by molar-refractivity contribution is 0.0779. The van der Waals surface area contributed by atoms with Gasteiger partial charge in [-0.25, -0.2) is 0 Å². The Morgan fingerprint density at radius 3 is 2.32 bits per heavy atom. The standard InChI is InChI=1S/C14H14N2O3/c1-16(9-10-5-7-15-8-6-10)14(19)13-11(17)3-2-4-12(13)18/h2-8,17-18H,9H2,1H3. The second-order valence-electron chi connectivity index (χ2n) is 4.19. The molecular formula is C14H14N2O3. The van der Waals surface area contributed by atoms with Gasteiger partial charge in [-0.05, 0) is 29.8 Å². The number of aromatic nitrogens is 1. The van der Waals surface area contributed by atoms with Gasteiger partial charge in [0.05, 0.1) is 0 Å². The lowest BCUT2D eigenvalue weighted by Crippen LogP contribution is -2.26. The Bertz CT molecular complexity index is 564. The maximum Gasteiger partial charge on any atom is 0.261 e. The normalized spacial score (nSPS) is 10.2. The SMILES string of the molecule is CN(Cc1ccncc1)C(=O)c1c(O)cccc1O. The maximum absolute atomic E-state index is 12.2. The summed E-state index contributed by atoms with van der Waals surface area (Å²) in [6.07, 6.45) is 3.29. The number of hydrogen-bond acceptors (Lipinski definition) is 4. The van der Waals surface area contributed by atoms with Crippen LogP contribution in [0.2, 0.25) is 0 Å². The molecule has 1 aromatic carbocycles. The Kier molecular flexibility index (Phi) is 3.66. The van der Waals surface area contributed by atoms with Gasteiger partial charge in [0.1, 0.15) is 17.1 Å². The minimum atomic E-state index is -0.438. The van der Waals surface area contributed by atoms with Crippen LogP contribution in [0.3, 0.4) is 0 Å². The molecule has 2 N–H and O–H groups in total. The Morgan fingerprint density at radius 1 is 1.16 bits per heavy atom. The first-order chi connectivity index (χ1) is 9.09. The molecule has 0 radical (unpaired) electrons. The summed E-state index contributed by atoms with van der Waals surface area (Å²) < 4.78 is 0. The molecule has 5 heteroatoms. The first-order valence-corrected chi connectivity index (χ1v) is 5.75. The summed E-state index contributed by atoms with van der Waals surface area (Å²) in [5.41, 5.74) is 0.833. The summed E-state index contributed by atoms with van der Waals surface area (Å²) in [7, 11) is 1.61. The fourth-order valence-corrected chi connectivity index (χ4v) is 1.77. The summed E-state index contributed by atoms with van der Waals surface area (Å²) in [4.78, 5) is 17.5. The number of phenolic OH excluding ortho intramolecular Hbond substituents is 2. The van der Waals surface area contributed by atoms with E-state index in [0.717, 1.165) is 5.56 Å². The van der Waals surface area contributed by atoms with Crippen molar-refractivity contribution in [2.24, 2.45) is 0 Å². The molecule has 1 aromatic heterocycles. The van der Waals surface area contributed by atoms with Crippen molar-refractivity contribution in [1.82, 2.24) is 9.88 Å². The quantitative estimate of drug-likeness (QED) is 0.879. The van der Waals surface area contributed by atoms with E-state index < -0.39 is 5.91 Å². The predicted molar refractivity (Wildman–Crippen MR) is 69.8 cm³/mol. The Morgan fingerprint density at radius 2 is 1.74 bits per heavy atom. The van der Waals surface area contributed by atoms with Gasteiger partial charge in [0, 0.05) is 26.0 Å². The molecule has 5 nitrogen and oxygen atoms in total. The van der Waals surface area contributed by atoms with Crippen LogP contribution in [-0.2, 0) is 6.54 Å². The second-order valence-corrected chi connectivity index (χ2v) is 4.19. The monoisotopic (exact) mass is 258 g/mol. The van der Waals surface area contributed by atoms with E-state index in [4.69, 9.17) is 0 Å². The van der Waals surface area contributed by atoms with E-state index in [2.05, 4.69) is 4.98 Å². The van der Waals surface area contributed by atoms with Crippen molar-refractivity contribution in [3.8, 4) is 11.5 Å². The molecule has 0 unspecified atom stereocenters. The second kappa shape index (κ2) is 5.39. The third-order valence-electron chi connectivity index (χ3n) is 2.75. The molecule has 0 aliphatic rings. The van der Waals surface area contributed by atoms with Crippen LogP contribution in [-0.4, -0.2) is 33.1 Å². The van der Waals surface area contributed by atoms with Gasteiger partial charge < -0.3 is 15.1 Å². The Hall–Kier alpha value is -2.56. The molecule has 0 aliphatic heterocycles. The highest BCUT2D eigenvalue weighted by atomic mass is 16.3. The number of amides is 1.